The highest BCUT2D eigenvalue weighted by Gasteiger charge is 2.18. The van der Waals surface area contributed by atoms with Crippen molar-refractivity contribution in [3.05, 3.63) is 59.4 Å². The van der Waals surface area contributed by atoms with Crippen LogP contribution in [0, 0.1) is 11.7 Å². The molecule has 4 nitrogen and oxygen atoms in total. The molecule has 1 atom stereocenters. The Morgan fingerprint density at radius 3 is 2.50 bits per heavy atom. The van der Waals surface area contributed by atoms with E-state index >= 15 is 0 Å². The monoisotopic (exact) mass is 332 g/mol. The first-order chi connectivity index (χ1) is 11.5. The molecule has 0 bridgehead atoms. The minimum Gasteiger partial charge on any atom is -0.497 e. The zero-order valence-corrected chi connectivity index (χ0v) is 14.0. The molecule has 0 aliphatic heterocycles. The SMILES string of the molecule is COc1ccc(COC(=O)C(C)Cc2ccccc2F)c(OC)c1. The van der Waals surface area contributed by atoms with E-state index in [2.05, 4.69) is 0 Å². The second-order valence-corrected chi connectivity index (χ2v) is 5.48. The van der Waals surface area contributed by atoms with Crippen LogP contribution in [0.3, 0.4) is 0 Å². The molecule has 2 aromatic rings. The average molecular weight is 332 g/mol. The quantitative estimate of drug-likeness (QED) is 0.724. The Labute approximate surface area is 141 Å². The Morgan fingerprint density at radius 2 is 1.83 bits per heavy atom. The van der Waals surface area contributed by atoms with E-state index in [4.69, 9.17) is 14.2 Å². The van der Waals surface area contributed by atoms with Gasteiger partial charge >= 0.3 is 5.97 Å². The van der Waals surface area contributed by atoms with Gasteiger partial charge in [-0.15, -0.1) is 0 Å². The van der Waals surface area contributed by atoms with Crippen molar-refractivity contribution in [2.24, 2.45) is 5.92 Å². The molecular weight excluding hydrogens is 311 g/mol. The Morgan fingerprint density at radius 1 is 1.08 bits per heavy atom. The van der Waals surface area contributed by atoms with Gasteiger partial charge in [0.05, 0.1) is 20.1 Å². The van der Waals surface area contributed by atoms with Crippen molar-refractivity contribution in [1.82, 2.24) is 0 Å². The number of carbonyl (C=O) groups excluding carboxylic acids is 1. The Hall–Kier alpha value is -2.56. The van der Waals surface area contributed by atoms with Crippen LogP contribution < -0.4 is 9.47 Å². The fourth-order valence-electron chi connectivity index (χ4n) is 2.34. The van der Waals surface area contributed by atoms with Gasteiger partial charge in [-0.3, -0.25) is 4.79 Å². The molecule has 0 saturated carbocycles. The van der Waals surface area contributed by atoms with Crippen LogP contribution >= 0.6 is 0 Å². The molecule has 0 amide bonds. The summed E-state index contributed by atoms with van der Waals surface area (Å²) in [6.07, 6.45) is 0.297. The van der Waals surface area contributed by atoms with Crippen LogP contribution in [0.15, 0.2) is 42.5 Å². The molecule has 0 aliphatic rings. The number of hydrogen-bond acceptors (Lipinski definition) is 4. The van der Waals surface area contributed by atoms with E-state index in [-0.39, 0.29) is 18.4 Å². The Bertz CT molecular complexity index is 700. The molecule has 0 aromatic heterocycles. The maximum Gasteiger partial charge on any atom is 0.309 e. The molecule has 1 unspecified atom stereocenters. The third kappa shape index (κ3) is 4.47. The normalized spacial score (nSPS) is 11.7. The second kappa shape index (κ2) is 8.34. The van der Waals surface area contributed by atoms with E-state index < -0.39 is 5.92 Å². The van der Waals surface area contributed by atoms with Crippen molar-refractivity contribution in [2.75, 3.05) is 14.2 Å². The van der Waals surface area contributed by atoms with Crippen LogP contribution in [0.2, 0.25) is 0 Å². The summed E-state index contributed by atoms with van der Waals surface area (Å²) in [5.74, 6) is 0.120. The van der Waals surface area contributed by atoms with Gasteiger partial charge in [-0.25, -0.2) is 4.39 Å². The molecule has 0 radical (unpaired) electrons. The average Bonchev–Trinajstić information content (AvgIpc) is 2.61. The zero-order chi connectivity index (χ0) is 17.5. The predicted molar refractivity (Wildman–Crippen MR) is 88.6 cm³/mol. The smallest absolute Gasteiger partial charge is 0.309 e. The molecule has 2 rings (SSSR count). The molecule has 0 saturated heterocycles. The lowest BCUT2D eigenvalue weighted by atomic mass is 10.0. The minimum absolute atomic E-state index is 0.0909. The van der Waals surface area contributed by atoms with Crippen LogP contribution in [0.4, 0.5) is 4.39 Å². The fraction of sp³-hybridized carbons (Fsp3) is 0.316. The van der Waals surface area contributed by atoms with Crippen molar-refractivity contribution < 1.29 is 23.4 Å². The van der Waals surface area contributed by atoms with Gasteiger partial charge < -0.3 is 14.2 Å². The number of esters is 1. The van der Waals surface area contributed by atoms with E-state index in [0.717, 1.165) is 5.56 Å². The lowest BCUT2D eigenvalue weighted by Gasteiger charge is -2.14. The van der Waals surface area contributed by atoms with Gasteiger partial charge in [0.2, 0.25) is 0 Å². The number of benzene rings is 2. The molecule has 0 aliphatic carbocycles. The number of ether oxygens (including phenoxy) is 3. The van der Waals surface area contributed by atoms with E-state index in [9.17, 15) is 9.18 Å². The van der Waals surface area contributed by atoms with Crippen molar-refractivity contribution in [1.29, 1.82) is 0 Å². The van der Waals surface area contributed by atoms with Crippen molar-refractivity contribution in [3.8, 4) is 11.5 Å². The zero-order valence-electron chi connectivity index (χ0n) is 14.0. The van der Waals surface area contributed by atoms with Gasteiger partial charge in [0.1, 0.15) is 23.9 Å². The van der Waals surface area contributed by atoms with E-state index in [1.165, 1.54) is 6.07 Å². The van der Waals surface area contributed by atoms with Gasteiger partial charge in [0.25, 0.3) is 0 Å². The summed E-state index contributed by atoms with van der Waals surface area (Å²) in [6, 6.07) is 11.7. The summed E-state index contributed by atoms with van der Waals surface area (Å²) < 4.78 is 29.4. The van der Waals surface area contributed by atoms with Crippen molar-refractivity contribution >= 4 is 5.97 Å². The number of hydrogen-bond donors (Lipinski definition) is 0. The first kappa shape index (κ1) is 17.8. The van der Waals surface area contributed by atoms with Crippen molar-refractivity contribution in [2.45, 2.75) is 20.0 Å². The van der Waals surface area contributed by atoms with Gasteiger partial charge in [0.15, 0.2) is 0 Å². The Balaban J connectivity index is 1.96. The molecule has 24 heavy (non-hydrogen) atoms. The third-order valence-corrected chi connectivity index (χ3v) is 3.75. The molecule has 0 spiro atoms. The number of methoxy groups -OCH3 is 2. The maximum atomic E-state index is 13.7. The van der Waals surface area contributed by atoms with E-state index in [0.29, 0.717) is 23.5 Å². The molecular formula is C19H21FO4. The van der Waals surface area contributed by atoms with Crippen LogP contribution in [-0.2, 0) is 22.6 Å². The van der Waals surface area contributed by atoms with E-state index in [1.54, 1.807) is 57.5 Å². The summed E-state index contributed by atoms with van der Waals surface area (Å²) >= 11 is 0. The van der Waals surface area contributed by atoms with Crippen molar-refractivity contribution in [3.63, 3.8) is 0 Å². The Kier molecular flexibility index (Phi) is 6.18. The second-order valence-electron chi connectivity index (χ2n) is 5.48. The third-order valence-electron chi connectivity index (χ3n) is 3.75. The van der Waals surface area contributed by atoms with Gasteiger partial charge in [-0.2, -0.15) is 0 Å². The predicted octanol–water partition coefficient (Wildman–Crippen LogP) is 3.76. The molecule has 0 fully saturated rings. The largest absolute Gasteiger partial charge is 0.497 e. The number of halogens is 1. The molecule has 2 aromatic carbocycles. The van der Waals surface area contributed by atoms with Gasteiger partial charge in [-0.1, -0.05) is 25.1 Å². The summed E-state index contributed by atoms with van der Waals surface area (Å²) in [4.78, 5) is 12.1. The van der Waals surface area contributed by atoms with E-state index in [1.807, 2.05) is 0 Å². The summed E-state index contributed by atoms with van der Waals surface area (Å²) in [7, 11) is 3.11. The molecule has 0 heterocycles. The number of carbonyl (C=O) groups is 1. The summed E-state index contributed by atoms with van der Waals surface area (Å²) in [5, 5.41) is 0. The van der Waals surface area contributed by atoms with Crippen LogP contribution in [0.1, 0.15) is 18.1 Å². The molecule has 0 N–H and O–H groups in total. The lowest BCUT2D eigenvalue weighted by molar-refractivity contribution is -0.149. The lowest BCUT2D eigenvalue weighted by Crippen LogP contribution is -2.17. The summed E-state index contributed by atoms with van der Waals surface area (Å²) in [6.45, 7) is 1.81. The first-order valence-corrected chi connectivity index (χ1v) is 7.66. The van der Waals surface area contributed by atoms with Crippen LogP contribution in [0.25, 0.3) is 0 Å². The maximum absolute atomic E-state index is 13.7. The highest BCUT2D eigenvalue weighted by atomic mass is 19.1. The molecule has 5 heteroatoms. The highest BCUT2D eigenvalue weighted by Crippen LogP contribution is 2.25. The molecule has 128 valence electrons. The van der Waals surface area contributed by atoms with Crippen LogP contribution in [0.5, 0.6) is 11.5 Å². The first-order valence-electron chi connectivity index (χ1n) is 7.66. The highest BCUT2D eigenvalue weighted by molar-refractivity contribution is 5.72. The standard InChI is InChI=1S/C19H21FO4/c1-13(10-14-6-4-5-7-17(14)20)19(21)24-12-15-8-9-16(22-2)11-18(15)23-3/h4-9,11,13H,10,12H2,1-3H3. The summed E-state index contributed by atoms with van der Waals surface area (Å²) in [5.41, 5.74) is 1.24. The minimum atomic E-state index is -0.439. The number of rotatable bonds is 7. The van der Waals surface area contributed by atoms with Crippen LogP contribution in [-0.4, -0.2) is 20.2 Å². The van der Waals surface area contributed by atoms with Gasteiger partial charge in [-0.05, 0) is 30.2 Å². The topological polar surface area (TPSA) is 44.8 Å². The van der Waals surface area contributed by atoms with Gasteiger partial charge in [0, 0.05) is 11.6 Å². The fourth-order valence-corrected chi connectivity index (χ4v) is 2.34.